The molecule has 0 bridgehead atoms. The minimum atomic E-state index is -4.71. The predicted molar refractivity (Wildman–Crippen MR) is 91.6 cm³/mol. The molecule has 3 amide bonds. The highest BCUT2D eigenvalue weighted by atomic mass is 19.4. The molecule has 12 heteroatoms. The smallest absolute Gasteiger partial charge is 0.433 e. The van der Waals surface area contributed by atoms with E-state index in [2.05, 4.69) is 10.3 Å². The third-order valence-corrected chi connectivity index (χ3v) is 3.86. The van der Waals surface area contributed by atoms with E-state index in [-0.39, 0.29) is 19.6 Å². The van der Waals surface area contributed by atoms with Crippen molar-refractivity contribution in [2.24, 2.45) is 0 Å². The number of carbonyl (C=O) groups excluding carboxylic acids is 3. The molecule has 0 radical (unpaired) electrons. The Morgan fingerprint density at radius 1 is 1.21 bits per heavy atom. The molecule has 1 aliphatic heterocycles. The Bertz CT molecular complexity index is 794. The Hall–Kier alpha value is -3.05. The van der Waals surface area contributed by atoms with E-state index in [4.69, 9.17) is 4.74 Å². The van der Waals surface area contributed by atoms with Crippen molar-refractivity contribution < 1.29 is 37.4 Å². The summed E-state index contributed by atoms with van der Waals surface area (Å²) in [4.78, 5) is 41.3. The summed E-state index contributed by atoms with van der Waals surface area (Å²) >= 11 is 0. The van der Waals surface area contributed by atoms with Gasteiger partial charge < -0.3 is 29.8 Å². The molecule has 29 heavy (non-hydrogen) atoms. The number of carbonyl (C=O) groups is 3. The highest BCUT2D eigenvalue weighted by molar-refractivity contribution is 5.96. The molecule has 9 nitrogen and oxygen atoms in total. The van der Waals surface area contributed by atoms with Gasteiger partial charge in [0.2, 0.25) is 5.91 Å². The Morgan fingerprint density at radius 2 is 1.86 bits per heavy atom. The van der Waals surface area contributed by atoms with Crippen LogP contribution in [0.3, 0.4) is 0 Å². The molecule has 0 spiro atoms. The number of hydrogen-bond acceptors (Lipinski definition) is 6. The number of alkyl halides is 3. The van der Waals surface area contributed by atoms with Crippen LogP contribution in [0, 0.1) is 0 Å². The Balaban J connectivity index is 2.18. The first kappa shape index (κ1) is 22.2. The van der Waals surface area contributed by atoms with Crippen LogP contribution in [0.5, 0.6) is 0 Å². The summed E-state index contributed by atoms with van der Waals surface area (Å²) in [5.41, 5.74) is -2.02. The summed E-state index contributed by atoms with van der Waals surface area (Å²) in [5, 5.41) is 13.5. The van der Waals surface area contributed by atoms with Crippen LogP contribution in [-0.4, -0.2) is 64.2 Å². The average Bonchev–Trinajstić information content (AvgIpc) is 2.59. The molecule has 1 aromatic rings. The molecule has 1 atom stereocenters. The van der Waals surface area contributed by atoms with Gasteiger partial charge in [0, 0.05) is 13.1 Å². The fraction of sp³-hybridized carbons (Fsp3) is 0.529. The normalized spacial score (nSPS) is 17.7. The fourth-order valence-electron chi connectivity index (χ4n) is 2.59. The van der Waals surface area contributed by atoms with Gasteiger partial charge in [0.25, 0.3) is 0 Å². The first-order valence-electron chi connectivity index (χ1n) is 8.58. The molecule has 2 heterocycles. The lowest BCUT2D eigenvalue weighted by molar-refractivity contribution is -0.269. The largest absolute Gasteiger partial charge is 0.530 e. The van der Waals surface area contributed by atoms with Gasteiger partial charge in [-0.1, -0.05) is 6.07 Å². The Morgan fingerprint density at radius 3 is 2.41 bits per heavy atom. The molecule has 1 fully saturated rings. The summed E-state index contributed by atoms with van der Waals surface area (Å²) < 4.78 is 43.5. The van der Waals surface area contributed by atoms with E-state index in [9.17, 15) is 32.7 Å². The van der Waals surface area contributed by atoms with Crippen molar-refractivity contribution in [3.63, 3.8) is 0 Å². The molecule has 1 N–H and O–H groups in total. The van der Waals surface area contributed by atoms with Crippen LogP contribution in [0.1, 0.15) is 26.5 Å². The van der Waals surface area contributed by atoms with Crippen molar-refractivity contribution in [2.45, 2.75) is 38.6 Å². The van der Waals surface area contributed by atoms with E-state index < -0.39 is 47.4 Å². The number of nitrogens with one attached hydrogen (secondary N) is 1. The maximum Gasteiger partial charge on any atom is 0.433 e. The first-order valence-corrected chi connectivity index (χ1v) is 8.58. The molecule has 1 aromatic heterocycles. The number of halogens is 3. The second-order valence-electron chi connectivity index (χ2n) is 7.30. The van der Waals surface area contributed by atoms with Crippen LogP contribution >= 0.6 is 0 Å². The second-order valence-corrected chi connectivity index (χ2v) is 7.30. The van der Waals surface area contributed by atoms with Gasteiger partial charge in [-0.15, -0.1) is 0 Å². The topological polar surface area (TPSA) is 115 Å². The summed E-state index contributed by atoms with van der Waals surface area (Å²) in [5.74, 6) is -1.35. The first-order chi connectivity index (χ1) is 13.3. The summed E-state index contributed by atoms with van der Waals surface area (Å²) in [6.45, 7) is 4.32. The maximum absolute atomic E-state index is 12.8. The molecule has 160 valence electrons. The van der Waals surface area contributed by atoms with Gasteiger partial charge in [-0.25, -0.2) is 9.78 Å². The van der Waals surface area contributed by atoms with Crippen molar-refractivity contribution in [3.05, 3.63) is 23.9 Å². The third kappa shape index (κ3) is 5.96. The second kappa shape index (κ2) is 8.13. The molecule has 0 aromatic carbocycles. The summed E-state index contributed by atoms with van der Waals surface area (Å²) in [6, 6.07) is 1.51. The van der Waals surface area contributed by atoms with E-state index in [1.807, 2.05) is 0 Å². The zero-order valence-electron chi connectivity index (χ0n) is 15.9. The zero-order valence-corrected chi connectivity index (χ0v) is 15.9. The number of rotatable bonds is 2. The average molecular weight is 417 g/mol. The minimum Gasteiger partial charge on any atom is -0.530 e. The van der Waals surface area contributed by atoms with Gasteiger partial charge in [-0.2, -0.15) is 13.2 Å². The van der Waals surface area contributed by atoms with Crippen molar-refractivity contribution in [1.29, 1.82) is 0 Å². The zero-order chi connectivity index (χ0) is 22.0. The predicted octanol–water partition coefficient (Wildman–Crippen LogP) is 1.30. The number of anilines is 1. The summed E-state index contributed by atoms with van der Waals surface area (Å²) in [6.07, 6.45) is -7.10. The quantitative estimate of drug-likeness (QED) is 0.776. The van der Waals surface area contributed by atoms with E-state index >= 15 is 0 Å². The Labute approximate surface area is 164 Å². The highest BCUT2D eigenvalue weighted by Gasteiger charge is 2.37. The maximum atomic E-state index is 12.8. The fourth-order valence-corrected chi connectivity index (χ4v) is 2.59. The molecule has 2 rings (SSSR count). The lowest BCUT2D eigenvalue weighted by Crippen LogP contribution is -2.63. The number of aromatic nitrogens is 1. The van der Waals surface area contributed by atoms with E-state index in [0.717, 1.165) is 23.1 Å². The van der Waals surface area contributed by atoms with Crippen LogP contribution in [0.25, 0.3) is 0 Å². The lowest BCUT2D eigenvalue weighted by Gasteiger charge is -2.41. The standard InChI is InChI=1S/C17H21F3N4O5/c1-16(2,3)29-15(28)23-7-8-24(14(26)27)10(9-23)13(25)22-12-6-4-5-11(21-12)17(18,19)20/h4-6,10H,7-9H2,1-3H3,(H,26,27)(H,21,22,25)/p-1. The number of nitrogens with zero attached hydrogens (tertiary/aromatic N) is 3. The van der Waals surface area contributed by atoms with Gasteiger partial charge in [-0.3, -0.25) is 4.79 Å². The molecular formula is C17H20F3N4O5-. The lowest BCUT2D eigenvalue weighted by atomic mass is 10.1. The molecule has 1 aliphatic rings. The van der Waals surface area contributed by atoms with Gasteiger partial charge in [0.05, 0.1) is 6.54 Å². The van der Waals surface area contributed by atoms with E-state index in [1.165, 1.54) is 0 Å². The number of pyridine rings is 1. The van der Waals surface area contributed by atoms with Crippen molar-refractivity contribution in [1.82, 2.24) is 14.8 Å². The summed E-state index contributed by atoms with van der Waals surface area (Å²) in [7, 11) is 0. The molecular weight excluding hydrogens is 397 g/mol. The molecule has 1 saturated heterocycles. The van der Waals surface area contributed by atoms with Gasteiger partial charge in [0.15, 0.2) is 0 Å². The van der Waals surface area contributed by atoms with Crippen LogP contribution in [0.4, 0.5) is 28.6 Å². The van der Waals surface area contributed by atoms with Gasteiger partial charge in [-0.05, 0) is 32.9 Å². The van der Waals surface area contributed by atoms with Crippen LogP contribution in [0.15, 0.2) is 18.2 Å². The van der Waals surface area contributed by atoms with Crippen LogP contribution in [-0.2, 0) is 15.7 Å². The number of piperazine rings is 1. The van der Waals surface area contributed by atoms with Gasteiger partial charge >= 0.3 is 12.3 Å². The highest BCUT2D eigenvalue weighted by Crippen LogP contribution is 2.28. The van der Waals surface area contributed by atoms with Crippen molar-refractivity contribution in [3.8, 4) is 0 Å². The molecule has 0 aliphatic carbocycles. The third-order valence-electron chi connectivity index (χ3n) is 3.86. The monoisotopic (exact) mass is 417 g/mol. The minimum absolute atomic E-state index is 0.0333. The van der Waals surface area contributed by atoms with E-state index in [0.29, 0.717) is 4.90 Å². The van der Waals surface area contributed by atoms with Gasteiger partial charge in [0.1, 0.15) is 29.2 Å². The SMILES string of the molecule is CC(C)(C)OC(=O)N1CCN(C(=O)[O-])C(C(=O)Nc2cccc(C(F)(F)F)n2)C1. The number of carboxylic acid groups (broad SMARTS) is 1. The Kier molecular flexibility index (Phi) is 6.24. The molecule has 0 saturated carbocycles. The van der Waals surface area contributed by atoms with Crippen LogP contribution in [0.2, 0.25) is 0 Å². The number of amides is 3. The van der Waals surface area contributed by atoms with Crippen molar-refractivity contribution in [2.75, 3.05) is 25.0 Å². The number of hydrogen-bond donors (Lipinski definition) is 1. The van der Waals surface area contributed by atoms with Crippen LogP contribution < -0.4 is 10.4 Å². The van der Waals surface area contributed by atoms with Crippen molar-refractivity contribution >= 4 is 23.9 Å². The number of ether oxygens (including phenoxy) is 1. The molecule has 1 unspecified atom stereocenters. The van der Waals surface area contributed by atoms with E-state index in [1.54, 1.807) is 20.8 Å².